The summed E-state index contributed by atoms with van der Waals surface area (Å²) in [6, 6.07) is 0.687. The number of hydrogen-bond acceptors (Lipinski definition) is 4. The topological polar surface area (TPSA) is 75.4 Å². The number of carboxylic acids is 1. The minimum absolute atomic E-state index is 0.0453. The number of rotatable bonds is 3. The fraction of sp³-hybridized carbons (Fsp3) is 0.636. The molecule has 0 aromatic carbocycles. The van der Waals surface area contributed by atoms with Crippen LogP contribution in [0, 0.1) is 0 Å². The standard InChI is InChI=1S/C11H16N2O3/c14-10(15)9-7-16-11(13-9)12-8-5-3-1-2-4-6-8/h7-8H,1-6H2,(H,12,13)(H,14,15). The molecule has 0 atom stereocenters. The van der Waals surface area contributed by atoms with Gasteiger partial charge >= 0.3 is 5.97 Å². The number of carboxylic acid groups (broad SMARTS) is 1. The third kappa shape index (κ3) is 2.74. The number of carbonyl (C=O) groups is 1. The van der Waals surface area contributed by atoms with Crippen LogP contribution in [0.15, 0.2) is 10.7 Å². The summed E-state index contributed by atoms with van der Waals surface area (Å²) in [5, 5.41) is 11.9. The highest BCUT2D eigenvalue weighted by Crippen LogP contribution is 2.20. The highest BCUT2D eigenvalue weighted by Gasteiger charge is 2.16. The Balaban J connectivity index is 1.94. The first-order chi connectivity index (χ1) is 7.75. The van der Waals surface area contributed by atoms with E-state index >= 15 is 0 Å². The van der Waals surface area contributed by atoms with Crippen molar-refractivity contribution in [3.8, 4) is 0 Å². The third-order valence-corrected chi connectivity index (χ3v) is 2.91. The molecule has 2 N–H and O–H groups in total. The van der Waals surface area contributed by atoms with Crippen LogP contribution in [-0.4, -0.2) is 22.1 Å². The van der Waals surface area contributed by atoms with Gasteiger partial charge in [0, 0.05) is 6.04 Å². The highest BCUT2D eigenvalue weighted by atomic mass is 16.4. The molecule has 1 fully saturated rings. The maximum Gasteiger partial charge on any atom is 0.357 e. The van der Waals surface area contributed by atoms with Gasteiger partial charge in [0.2, 0.25) is 0 Å². The van der Waals surface area contributed by atoms with E-state index in [0.717, 1.165) is 12.8 Å². The Morgan fingerprint density at radius 1 is 1.38 bits per heavy atom. The molecule has 2 rings (SSSR count). The first-order valence-electron chi connectivity index (χ1n) is 5.71. The SMILES string of the molecule is O=C(O)c1coc(NC2CCCCCC2)n1. The van der Waals surface area contributed by atoms with E-state index in [1.54, 1.807) is 0 Å². The van der Waals surface area contributed by atoms with Gasteiger partial charge in [-0.3, -0.25) is 0 Å². The van der Waals surface area contributed by atoms with Crippen LogP contribution in [0.25, 0.3) is 0 Å². The van der Waals surface area contributed by atoms with Crippen LogP contribution >= 0.6 is 0 Å². The van der Waals surface area contributed by atoms with Crippen molar-refractivity contribution in [2.75, 3.05) is 5.32 Å². The minimum atomic E-state index is -1.06. The molecular weight excluding hydrogens is 208 g/mol. The summed E-state index contributed by atoms with van der Waals surface area (Å²) in [7, 11) is 0. The van der Waals surface area contributed by atoms with Gasteiger partial charge in [-0.25, -0.2) is 4.79 Å². The van der Waals surface area contributed by atoms with Crippen molar-refractivity contribution in [1.29, 1.82) is 0 Å². The molecule has 0 bridgehead atoms. The second-order valence-corrected chi connectivity index (χ2v) is 4.18. The number of nitrogens with zero attached hydrogens (tertiary/aromatic N) is 1. The lowest BCUT2D eigenvalue weighted by molar-refractivity contribution is 0.0690. The maximum atomic E-state index is 10.6. The van der Waals surface area contributed by atoms with Crippen molar-refractivity contribution < 1.29 is 14.3 Å². The predicted octanol–water partition coefficient (Wildman–Crippen LogP) is 2.51. The van der Waals surface area contributed by atoms with Crippen LogP contribution in [0.3, 0.4) is 0 Å². The monoisotopic (exact) mass is 224 g/mol. The van der Waals surface area contributed by atoms with E-state index in [1.807, 2.05) is 0 Å². The molecule has 1 saturated carbocycles. The first-order valence-corrected chi connectivity index (χ1v) is 5.71. The molecule has 0 amide bonds. The van der Waals surface area contributed by atoms with E-state index in [4.69, 9.17) is 9.52 Å². The van der Waals surface area contributed by atoms with Gasteiger partial charge in [-0.15, -0.1) is 0 Å². The molecule has 16 heavy (non-hydrogen) atoms. The molecule has 1 aliphatic rings. The normalized spacial score (nSPS) is 18.0. The Bertz CT molecular complexity index is 354. The number of anilines is 1. The maximum absolute atomic E-state index is 10.6. The Morgan fingerprint density at radius 2 is 2.06 bits per heavy atom. The Labute approximate surface area is 93.9 Å². The second kappa shape index (κ2) is 5.01. The van der Waals surface area contributed by atoms with Crippen LogP contribution in [0.2, 0.25) is 0 Å². The molecule has 5 nitrogen and oxygen atoms in total. The molecule has 0 spiro atoms. The molecule has 0 saturated heterocycles. The number of aromatic carboxylic acids is 1. The number of aromatic nitrogens is 1. The second-order valence-electron chi connectivity index (χ2n) is 4.18. The quantitative estimate of drug-likeness (QED) is 0.771. The van der Waals surface area contributed by atoms with E-state index < -0.39 is 5.97 Å². The van der Waals surface area contributed by atoms with Gasteiger partial charge < -0.3 is 14.8 Å². The number of oxazole rings is 1. The third-order valence-electron chi connectivity index (χ3n) is 2.91. The molecule has 1 heterocycles. The lowest BCUT2D eigenvalue weighted by Crippen LogP contribution is -2.18. The molecular formula is C11H16N2O3. The molecule has 5 heteroatoms. The summed E-state index contributed by atoms with van der Waals surface area (Å²) >= 11 is 0. The Hall–Kier alpha value is -1.52. The molecule has 1 aromatic heterocycles. The number of hydrogen-bond donors (Lipinski definition) is 2. The van der Waals surface area contributed by atoms with E-state index in [9.17, 15) is 4.79 Å². The van der Waals surface area contributed by atoms with Crippen molar-refractivity contribution in [3.63, 3.8) is 0 Å². The van der Waals surface area contributed by atoms with E-state index in [-0.39, 0.29) is 5.69 Å². The average molecular weight is 224 g/mol. The zero-order valence-corrected chi connectivity index (χ0v) is 9.11. The first kappa shape index (κ1) is 11.0. The van der Waals surface area contributed by atoms with Crippen molar-refractivity contribution in [3.05, 3.63) is 12.0 Å². The fourth-order valence-corrected chi connectivity index (χ4v) is 2.04. The van der Waals surface area contributed by atoms with Crippen LogP contribution in [0.5, 0.6) is 0 Å². The smallest absolute Gasteiger partial charge is 0.357 e. The van der Waals surface area contributed by atoms with E-state index in [2.05, 4.69) is 10.3 Å². The zero-order chi connectivity index (χ0) is 11.4. The predicted molar refractivity (Wildman–Crippen MR) is 58.6 cm³/mol. The minimum Gasteiger partial charge on any atom is -0.476 e. The molecule has 0 radical (unpaired) electrons. The van der Waals surface area contributed by atoms with Gasteiger partial charge in [-0.1, -0.05) is 25.7 Å². The fourth-order valence-electron chi connectivity index (χ4n) is 2.04. The van der Waals surface area contributed by atoms with Crippen molar-refractivity contribution in [2.24, 2.45) is 0 Å². The number of nitrogens with one attached hydrogen (secondary N) is 1. The molecule has 0 aliphatic heterocycles. The van der Waals surface area contributed by atoms with Crippen LogP contribution in [-0.2, 0) is 0 Å². The van der Waals surface area contributed by atoms with Crippen molar-refractivity contribution in [1.82, 2.24) is 4.98 Å². The van der Waals surface area contributed by atoms with Crippen LogP contribution < -0.4 is 5.32 Å². The largest absolute Gasteiger partial charge is 0.476 e. The molecule has 0 unspecified atom stereocenters. The van der Waals surface area contributed by atoms with Crippen molar-refractivity contribution in [2.45, 2.75) is 44.6 Å². The summed E-state index contributed by atoms with van der Waals surface area (Å²) in [6.45, 7) is 0. The van der Waals surface area contributed by atoms with E-state index in [0.29, 0.717) is 12.1 Å². The lowest BCUT2D eigenvalue weighted by Gasteiger charge is -2.13. The molecule has 1 aromatic rings. The summed E-state index contributed by atoms with van der Waals surface area (Å²) in [4.78, 5) is 14.5. The van der Waals surface area contributed by atoms with Gasteiger partial charge in [0.05, 0.1) is 0 Å². The summed E-state index contributed by atoms with van der Waals surface area (Å²) in [5.74, 6) is -1.06. The van der Waals surface area contributed by atoms with Crippen LogP contribution in [0.1, 0.15) is 49.0 Å². The summed E-state index contributed by atoms with van der Waals surface area (Å²) < 4.78 is 5.07. The zero-order valence-electron chi connectivity index (χ0n) is 9.11. The van der Waals surface area contributed by atoms with Gasteiger partial charge in [0.1, 0.15) is 6.26 Å². The van der Waals surface area contributed by atoms with Gasteiger partial charge in [-0.2, -0.15) is 4.98 Å². The van der Waals surface area contributed by atoms with Crippen LogP contribution in [0.4, 0.5) is 6.01 Å². The summed E-state index contributed by atoms with van der Waals surface area (Å²) in [6.07, 6.45) is 8.36. The lowest BCUT2D eigenvalue weighted by atomic mass is 10.1. The summed E-state index contributed by atoms with van der Waals surface area (Å²) in [5.41, 5.74) is -0.0453. The van der Waals surface area contributed by atoms with Crippen molar-refractivity contribution >= 4 is 12.0 Å². The average Bonchev–Trinajstić information content (AvgIpc) is 2.56. The highest BCUT2D eigenvalue weighted by molar-refractivity contribution is 5.85. The van der Waals surface area contributed by atoms with E-state index in [1.165, 1.54) is 31.9 Å². The van der Waals surface area contributed by atoms with Gasteiger partial charge in [-0.05, 0) is 12.8 Å². The van der Waals surface area contributed by atoms with Gasteiger partial charge in [0.25, 0.3) is 6.01 Å². The Morgan fingerprint density at radius 3 is 2.62 bits per heavy atom. The molecule has 88 valence electrons. The Kier molecular flexibility index (Phi) is 3.44. The van der Waals surface area contributed by atoms with Gasteiger partial charge in [0.15, 0.2) is 5.69 Å². The molecule has 1 aliphatic carbocycles.